The summed E-state index contributed by atoms with van der Waals surface area (Å²) in [6.45, 7) is 5.99. The third-order valence-electron chi connectivity index (χ3n) is 3.58. The van der Waals surface area contributed by atoms with E-state index in [-0.39, 0.29) is 11.9 Å². The summed E-state index contributed by atoms with van der Waals surface area (Å²) in [5.41, 5.74) is 0.882. The van der Waals surface area contributed by atoms with Crippen LogP contribution < -0.4 is 19.7 Å². The number of carbonyl (C=O) groups is 1. The van der Waals surface area contributed by atoms with Crippen molar-refractivity contribution in [2.75, 3.05) is 24.7 Å². The first-order valence-electron chi connectivity index (χ1n) is 7.12. The van der Waals surface area contributed by atoms with Gasteiger partial charge >= 0.3 is 0 Å². The predicted molar refractivity (Wildman–Crippen MR) is 76.5 cm³/mol. The molecule has 3 rings (SSSR count). The van der Waals surface area contributed by atoms with E-state index in [4.69, 9.17) is 9.47 Å². The number of nitrogens with one attached hydrogen (secondary N) is 1. The molecule has 0 saturated carbocycles. The monoisotopic (exact) mass is 276 g/mol. The van der Waals surface area contributed by atoms with Crippen molar-refractivity contribution in [2.24, 2.45) is 0 Å². The van der Waals surface area contributed by atoms with Crippen molar-refractivity contribution in [3.63, 3.8) is 0 Å². The van der Waals surface area contributed by atoms with E-state index < -0.39 is 0 Å². The first kappa shape index (κ1) is 13.2. The Morgan fingerprint density at radius 2 is 2.00 bits per heavy atom. The fourth-order valence-corrected chi connectivity index (χ4v) is 2.69. The zero-order chi connectivity index (χ0) is 14.1. The first-order chi connectivity index (χ1) is 9.65. The van der Waals surface area contributed by atoms with Crippen LogP contribution in [-0.2, 0) is 4.79 Å². The molecule has 0 radical (unpaired) electrons. The van der Waals surface area contributed by atoms with E-state index in [1.54, 1.807) is 0 Å². The molecule has 1 aromatic carbocycles. The van der Waals surface area contributed by atoms with Gasteiger partial charge in [-0.1, -0.05) is 13.8 Å². The average molecular weight is 276 g/mol. The van der Waals surface area contributed by atoms with Gasteiger partial charge in [-0.2, -0.15) is 0 Å². The van der Waals surface area contributed by atoms with E-state index in [2.05, 4.69) is 19.2 Å². The Balaban J connectivity index is 1.78. The summed E-state index contributed by atoms with van der Waals surface area (Å²) in [6.07, 6.45) is 0.839. The molecule has 1 amide bonds. The van der Waals surface area contributed by atoms with Crippen LogP contribution in [0.4, 0.5) is 5.69 Å². The van der Waals surface area contributed by atoms with E-state index in [1.165, 1.54) is 0 Å². The summed E-state index contributed by atoms with van der Waals surface area (Å²) >= 11 is 0. The molecular formula is C15H20N2O3. The second kappa shape index (κ2) is 5.32. The maximum absolute atomic E-state index is 12.4. The van der Waals surface area contributed by atoms with Crippen LogP contribution in [0.5, 0.6) is 11.5 Å². The van der Waals surface area contributed by atoms with Gasteiger partial charge in [0, 0.05) is 24.3 Å². The zero-order valence-electron chi connectivity index (χ0n) is 11.9. The summed E-state index contributed by atoms with van der Waals surface area (Å²) in [6, 6.07) is 5.92. The Hall–Kier alpha value is -1.75. The molecule has 2 aliphatic heterocycles. The summed E-state index contributed by atoms with van der Waals surface area (Å²) < 4.78 is 11.1. The number of amides is 1. The predicted octanol–water partition coefficient (Wildman–Crippen LogP) is 1.56. The van der Waals surface area contributed by atoms with E-state index in [9.17, 15) is 4.79 Å². The van der Waals surface area contributed by atoms with Gasteiger partial charge in [-0.05, 0) is 18.6 Å². The summed E-state index contributed by atoms with van der Waals surface area (Å²) in [7, 11) is 0. The summed E-state index contributed by atoms with van der Waals surface area (Å²) in [5, 5.41) is 3.31. The minimum atomic E-state index is -0.0804. The Morgan fingerprint density at radius 3 is 2.75 bits per heavy atom. The van der Waals surface area contributed by atoms with Crippen LogP contribution in [0.2, 0.25) is 0 Å². The topological polar surface area (TPSA) is 50.8 Å². The number of benzene rings is 1. The van der Waals surface area contributed by atoms with Gasteiger partial charge in [0.15, 0.2) is 11.5 Å². The van der Waals surface area contributed by atoms with Crippen LogP contribution in [0.3, 0.4) is 0 Å². The number of ether oxygens (including phenoxy) is 2. The Morgan fingerprint density at radius 1 is 1.25 bits per heavy atom. The van der Waals surface area contributed by atoms with E-state index >= 15 is 0 Å². The van der Waals surface area contributed by atoms with Crippen molar-refractivity contribution in [1.82, 2.24) is 5.32 Å². The average Bonchev–Trinajstić information content (AvgIpc) is 2.79. The molecule has 0 spiro atoms. The fraction of sp³-hybridized carbons (Fsp3) is 0.533. The molecule has 1 saturated heterocycles. The maximum Gasteiger partial charge on any atom is 0.244 e. The second-order valence-electron chi connectivity index (χ2n) is 5.48. The largest absolute Gasteiger partial charge is 0.486 e. The Labute approximate surface area is 118 Å². The van der Waals surface area contributed by atoms with Crippen LogP contribution in [0, 0.1) is 0 Å². The molecule has 2 heterocycles. The Kier molecular flexibility index (Phi) is 3.53. The molecule has 20 heavy (non-hydrogen) atoms. The van der Waals surface area contributed by atoms with Gasteiger partial charge in [-0.3, -0.25) is 4.79 Å². The third-order valence-corrected chi connectivity index (χ3v) is 3.58. The fourth-order valence-electron chi connectivity index (χ4n) is 2.69. The summed E-state index contributed by atoms with van der Waals surface area (Å²) in [4.78, 5) is 14.2. The lowest BCUT2D eigenvalue weighted by Gasteiger charge is -2.22. The minimum Gasteiger partial charge on any atom is -0.486 e. The highest BCUT2D eigenvalue weighted by molar-refractivity contribution is 5.99. The van der Waals surface area contributed by atoms with Crippen molar-refractivity contribution in [2.45, 2.75) is 32.4 Å². The van der Waals surface area contributed by atoms with Gasteiger partial charge in [-0.25, -0.2) is 0 Å². The number of anilines is 1. The summed E-state index contributed by atoms with van der Waals surface area (Å²) in [5.74, 6) is 1.61. The number of hydrogen-bond donors (Lipinski definition) is 1. The molecule has 1 fully saturated rings. The van der Waals surface area contributed by atoms with Gasteiger partial charge in [0.1, 0.15) is 13.2 Å². The first-order valence-corrected chi connectivity index (χ1v) is 7.12. The van der Waals surface area contributed by atoms with E-state index in [1.807, 2.05) is 23.1 Å². The lowest BCUT2D eigenvalue weighted by Crippen LogP contribution is -2.41. The smallest absolute Gasteiger partial charge is 0.244 e. The molecule has 2 aliphatic rings. The third kappa shape index (κ3) is 2.45. The minimum absolute atomic E-state index is 0.0804. The van der Waals surface area contributed by atoms with Gasteiger partial charge in [-0.15, -0.1) is 0 Å². The van der Waals surface area contributed by atoms with Gasteiger partial charge < -0.3 is 19.7 Å². The van der Waals surface area contributed by atoms with Gasteiger partial charge in [0.25, 0.3) is 0 Å². The lowest BCUT2D eigenvalue weighted by atomic mass is 10.2. The molecule has 0 aromatic heterocycles. The molecule has 0 aliphatic carbocycles. The van der Waals surface area contributed by atoms with Crippen LogP contribution in [0.1, 0.15) is 20.3 Å². The molecule has 1 N–H and O–H groups in total. The number of carbonyl (C=O) groups excluding carboxylic acids is 1. The van der Waals surface area contributed by atoms with Crippen LogP contribution >= 0.6 is 0 Å². The highest BCUT2D eigenvalue weighted by Crippen LogP contribution is 2.35. The highest BCUT2D eigenvalue weighted by atomic mass is 16.6. The SMILES string of the molecule is CC(C)NC1CCN(c2ccc3c(c2)OCCO3)C1=O. The molecule has 108 valence electrons. The van der Waals surface area contributed by atoms with Crippen molar-refractivity contribution < 1.29 is 14.3 Å². The molecule has 0 bridgehead atoms. The zero-order valence-corrected chi connectivity index (χ0v) is 11.9. The van der Waals surface area contributed by atoms with Crippen molar-refractivity contribution >= 4 is 11.6 Å². The molecule has 1 atom stereocenters. The second-order valence-corrected chi connectivity index (χ2v) is 5.48. The van der Waals surface area contributed by atoms with Crippen molar-refractivity contribution in [3.8, 4) is 11.5 Å². The van der Waals surface area contributed by atoms with Gasteiger partial charge in [0.2, 0.25) is 5.91 Å². The van der Waals surface area contributed by atoms with Gasteiger partial charge in [0.05, 0.1) is 6.04 Å². The normalized spacial score (nSPS) is 21.6. The van der Waals surface area contributed by atoms with Crippen molar-refractivity contribution in [3.05, 3.63) is 18.2 Å². The van der Waals surface area contributed by atoms with Crippen LogP contribution in [0.15, 0.2) is 18.2 Å². The maximum atomic E-state index is 12.4. The lowest BCUT2D eigenvalue weighted by molar-refractivity contribution is -0.118. The van der Waals surface area contributed by atoms with E-state index in [0.717, 1.165) is 30.2 Å². The standard InChI is InChI=1S/C15H20N2O3/c1-10(2)16-12-5-6-17(15(12)18)11-3-4-13-14(9-11)20-8-7-19-13/h3-4,9-10,12,16H,5-8H2,1-2H3. The molecule has 1 unspecified atom stereocenters. The number of nitrogens with zero attached hydrogens (tertiary/aromatic N) is 1. The molecule has 5 nitrogen and oxygen atoms in total. The molecule has 1 aromatic rings. The molecular weight excluding hydrogens is 256 g/mol. The highest BCUT2D eigenvalue weighted by Gasteiger charge is 2.33. The van der Waals surface area contributed by atoms with Crippen LogP contribution in [0.25, 0.3) is 0 Å². The van der Waals surface area contributed by atoms with Crippen LogP contribution in [-0.4, -0.2) is 37.7 Å². The number of hydrogen-bond acceptors (Lipinski definition) is 4. The Bertz CT molecular complexity index is 516. The molecule has 5 heteroatoms. The number of fused-ring (bicyclic) bond motifs is 1. The van der Waals surface area contributed by atoms with Crippen molar-refractivity contribution in [1.29, 1.82) is 0 Å². The quantitative estimate of drug-likeness (QED) is 0.910. The number of rotatable bonds is 3. The van der Waals surface area contributed by atoms with E-state index in [0.29, 0.717) is 19.3 Å².